The topological polar surface area (TPSA) is 9.23 Å². The Balaban J connectivity index is 3.31. The molecular formula is C13H16O. The van der Waals surface area contributed by atoms with E-state index in [1.54, 1.807) is 7.11 Å². The summed E-state index contributed by atoms with van der Waals surface area (Å²) in [6, 6.07) is 6.12. The molecule has 0 aliphatic rings. The molecule has 1 aromatic rings. The highest BCUT2D eigenvalue weighted by molar-refractivity contribution is 5.59. The van der Waals surface area contributed by atoms with E-state index in [4.69, 9.17) is 4.74 Å². The molecule has 0 saturated heterocycles. The molecule has 0 aliphatic carbocycles. The zero-order chi connectivity index (χ0) is 10.6. The van der Waals surface area contributed by atoms with Crippen LogP contribution in [0.2, 0.25) is 0 Å². The molecule has 0 bridgehead atoms. The van der Waals surface area contributed by atoms with Crippen LogP contribution in [0.1, 0.15) is 30.9 Å². The molecule has 0 amide bonds. The Hall–Kier alpha value is -1.46. The van der Waals surface area contributed by atoms with Gasteiger partial charge in [-0.05, 0) is 17.6 Å². The summed E-state index contributed by atoms with van der Waals surface area (Å²) in [6.07, 6.45) is 1.84. The smallest absolute Gasteiger partial charge is 0.130 e. The number of benzene rings is 1. The van der Waals surface area contributed by atoms with Gasteiger partial charge in [0.1, 0.15) is 5.75 Å². The Morgan fingerprint density at radius 2 is 2.14 bits per heavy atom. The second-order valence-corrected chi connectivity index (χ2v) is 3.47. The number of ether oxygens (including phenoxy) is 1. The number of para-hydroxylation sites is 1. The van der Waals surface area contributed by atoms with Crippen LogP contribution < -0.4 is 4.74 Å². The lowest BCUT2D eigenvalue weighted by Gasteiger charge is -2.13. The lowest BCUT2D eigenvalue weighted by atomic mass is 9.99. The Kier molecular flexibility index (Phi) is 3.55. The van der Waals surface area contributed by atoms with Crippen LogP contribution in [-0.2, 0) is 0 Å². The van der Waals surface area contributed by atoms with Crippen molar-refractivity contribution in [2.75, 3.05) is 7.11 Å². The third kappa shape index (κ3) is 2.07. The Labute approximate surface area is 85.7 Å². The molecule has 1 heteroatoms. The second kappa shape index (κ2) is 4.69. The van der Waals surface area contributed by atoms with Gasteiger partial charge in [0.15, 0.2) is 0 Å². The van der Waals surface area contributed by atoms with Gasteiger partial charge in [-0.3, -0.25) is 0 Å². The van der Waals surface area contributed by atoms with E-state index in [1.807, 2.05) is 18.2 Å². The van der Waals surface area contributed by atoms with E-state index in [0.717, 1.165) is 11.3 Å². The molecule has 0 N–H and O–H groups in total. The Morgan fingerprint density at radius 3 is 2.64 bits per heavy atom. The molecule has 0 fully saturated rings. The third-order valence-electron chi connectivity index (χ3n) is 2.16. The van der Waals surface area contributed by atoms with Gasteiger partial charge in [-0.25, -0.2) is 0 Å². The van der Waals surface area contributed by atoms with Crippen LogP contribution in [0.5, 0.6) is 5.75 Å². The van der Waals surface area contributed by atoms with E-state index in [0.29, 0.717) is 5.92 Å². The molecule has 0 heterocycles. The molecule has 0 spiro atoms. The minimum absolute atomic E-state index is 0.461. The summed E-state index contributed by atoms with van der Waals surface area (Å²) in [5.41, 5.74) is 5.02. The van der Waals surface area contributed by atoms with Crippen LogP contribution in [0.25, 0.3) is 6.08 Å². The molecule has 1 rings (SSSR count). The highest BCUT2D eigenvalue weighted by atomic mass is 16.5. The van der Waals surface area contributed by atoms with E-state index in [9.17, 15) is 0 Å². The molecule has 0 aromatic heterocycles. The molecule has 0 radical (unpaired) electrons. The summed E-state index contributed by atoms with van der Waals surface area (Å²) in [5.74, 6) is 1.39. The summed E-state index contributed by atoms with van der Waals surface area (Å²) in [6.45, 7) is 7.87. The highest BCUT2D eigenvalue weighted by Crippen LogP contribution is 2.30. The Morgan fingerprint density at radius 1 is 1.43 bits per heavy atom. The SMILES string of the molecule is C=C=Cc1cccc(C(C)C)c1OC. The molecule has 0 saturated carbocycles. The van der Waals surface area contributed by atoms with Gasteiger partial charge < -0.3 is 4.74 Å². The van der Waals surface area contributed by atoms with E-state index in [2.05, 4.69) is 32.2 Å². The maximum Gasteiger partial charge on any atom is 0.130 e. The van der Waals surface area contributed by atoms with E-state index in [1.165, 1.54) is 5.56 Å². The fraction of sp³-hybridized carbons (Fsp3) is 0.308. The average molecular weight is 188 g/mol. The van der Waals surface area contributed by atoms with Gasteiger partial charge in [0.2, 0.25) is 0 Å². The monoisotopic (exact) mass is 188 g/mol. The van der Waals surface area contributed by atoms with Gasteiger partial charge in [0, 0.05) is 5.56 Å². The standard InChI is InChI=1S/C13H16O/c1-5-7-11-8-6-9-12(10(2)3)13(11)14-4/h6-10H,1H2,2-4H3. The minimum Gasteiger partial charge on any atom is -0.496 e. The molecule has 14 heavy (non-hydrogen) atoms. The summed E-state index contributed by atoms with van der Waals surface area (Å²) >= 11 is 0. The van der Waals surface area contributed by atoms with Gasteiger partial charge >= 0.3 is 0 Å². The van der Waals surface area contributed by atoms with Crippen molar-refractivity contribution < 1.29 is 4.74 Å². The predicted molar refractivity (Wildman–Crippen MR) is 60.7 cm³/mol. The first-order valence-corrected chi connectivity index (χ1v) is 4.73. The molecule has 0 unspecified atom stereocenters. The molecule has 1 aromatic carbocycles. The first-order chi connectivity index (χ1) is 6.70. The van der Waals surface area contributed by atoms with Crippen LogP contribution in [0.3, 0.4) is 0 Å². The number of methoxy groups -OCH3 is 1. The van der Waals surface area contributed by atoms with Crippen molar-refractivity contribution in [2.24, 2.45) is 0 Å². The minimum atomic E-state index is 0.461. The predicted octanol–water partition coefficient (Wildman–Crippen LogP) is 3.62. The lowest BCUT2D eigenvalue weighted by molar-refractivity contribution is 0.406. The zero-order valence-electron chi connectivity index (χ0n) is 9.00. The van der Waals surface area contributed by atoms with Crippen molar-refractivity contribution in [3.05, 3.63) is 41.6 Å². The lowest BCUT2D eigenvalue weighted by Crippen LogP contribution is -1.96. The normalized spacial score (nSPS) is 9.71. The van der Waals surface area contributed by atoms with Crippen molar-refractivity contribution in [2.45, 2.75) is 19.8 Å². The average Bonchev–Trinajstić information content (AvgIpc) is 2.18. The summed E-state index contributed by atoms with van der Waals surface area (Å²) < 4.78 is 5.39. The van der Waals surface area contributed by atoms with Crippen molar-refractivity contribution in [3.8, 4) is 5.75 Å². The highest BCUT2D eigenvalue weighted by Gasteiger charge is 2.09. The first kappa shape index (κ1) is 10.6. The quantitative estimate of drug-likeness (QED) is 0.658. The zero-order valence-corrected chi connectivity index (χ0v) is 9.00. The van der Waals surface area contributed by atoms with Crippen LogP contribution in [0.15, 0.2) is 30.5 Å². The van der Waals surface area contributed by atoms with Crippen molar-refractivity contribution >= 4 is 6.08 Å². The molecule has 1 nitrogen and oxygen atoms in total. The molecule has 74 valence electrons. The largest absolute Gasteiger partial charge is 0.496 e. The van der Waals surface area contributed by atoms with E-state index < -0.39 is 0 Å². The fourth-order valence-corrected chi connectivity index (χ4v) is 1.49. The van der Waals surface area contributed by atoms with Gasteiger partial charge in [-0.1, -0.05) is 38.6 Å². The Bertz CT molecular complexity index is 357. The third-order valence-corrected chi connectivity index (χ3v) is 2.16. The van der Waals surface area contributed by atoms with E-state index >= 15 is 0 Å². The fourth-order valence-electron chi connectivity index (χ4n) is 1.49. The van der Waals surface area contributed by atoms with Crippen LogP contribution >= 0.6 is 0 Å². The van der Waals surface area contributed by atoms with Crippen molar-refractivity contribution in [1.29, 1.82) is 0 Å². The maximum absolute atomic E-state index is 5.39. The number of hydrogen-bond acceptors (Lipinski definition) is 1. The van der Waals surface area contributed by atoms with Gasteiger partial charge in [-0.2, -0.15) is 0 Å². The number of hydrogen-bond donors (Lipinski definition) is 0. The number of rotatable bonds is 3. The van der Waals surface area contributed by atoms with Gasteiger partial charge in [-0.15, -0.1) is 5.73 Å². The molecule has 0 atom stereocenters. The van der Waals surface area contributed by atoms with Crippen molar-refractivity contribution in [3.63, 3.8) is 0 Å². The maximum atomic E-state index is 5.39. The summed E-state index contributed by atoms with van der Waals surface area (Å²) in [5, 5.41) is 0. The van der Waals surface area contributed by atoms with Crippen LogP contribution in [-0.4, -0.2) is 7.11 Å². The molecule has 0 aliphatic heterocycles. The van der Waals surface area contributed by atoms with Crippen LogP contribution in [0.4, 0.5) is 0 Å². The summed E-state index contributed by atoms with van der Waals surface area (Å²) in [4.78, 5) is 0. The first-order valence-electron chi connectivity index (χ1n) is 4.73. The van der Waals surface area contributed by atoms with E-state index in [-0.39, 0.29) is 0 Å². The second-order valence-electron chi connectivity index (χ2n) is 3.47. The van der Waals surface area contributed by atoms with Gasteiger partial charge in [0.25, 0.3) is 0 Å². The van der Waals surface area contributed by atoms with Gasteiger partial charge in [0.05, 0.1) is 7.11 Å². The van der Waals surface area contributed by atoms with Crippen LogP contribution in [0, 0.1) is 0 Å². The van der Waals surface area contributed by atoms with Crippen molar-refractivity contribution in [1.82, 2.24) is 0 Å². The summed E-state index contributed by atoms with van der Waals surface area (Å²) in [7, 11) is 1.70. The molecular weight excluding hydrogens is 172 g/mol.